The lowest BCUT2D eigenvalue weighted by molar-refractivity contribution is 0.0950. The number of amides is 1. The lowest BCUT2D eigenvalue weighted by Crippen LogP contribution is -2.22. The number of carbonyl (C=O) groups is 1. The Morgan fingerprint density at radius 2 is 1.92 bits per heavy atom. The minimum atomic E-state index is -0.180. The number of benzene rings is 2. The highest BCUT2D eigenvalue weighted by Crippen LogP contribution is 2.20. The molecule has 3 aromatic rings. The van der Waals surface area contributed by atoms with Crippen LogP contribution >= 0.6 is 11.6 Å². The first-order valence-electron chi connectivity index (χ1n) is 8.04. The van der Waals surface area contributed by atoms with Crippen LogP contribution in [0.5, 0.6) is 5.75 Å². The second-order valence-electron chi connectivity index (χ2n) is 5.60. The number of anilines is 2. The number of carbonyl (C=O) groups excluding carboxylic acids is 1. The Morgan fingerprint density at radius 1 is 1.12 bits per heavy atom. The van der Waals surface area contributed by atoms with E-state index in [1.807, 2.05) is 36.4 Å². The van der Waals surface area contributed by atoms with Gasteiger partial charge in [-0.1, -0.05) is 29.8 Å². The molecule has 2 N–H and O–H groups in total. The van der Waals surface area contributed by atoms with E-state index in [0.717, 1.165) is 17.0 Å². The van der Waals surface area contributed by atoms with Crippen molar-refractivity contribution in [1.29, 1.82) is 0 Å². The molecular weight excluding hydrogens is 350 g/mol. The second-order valence-corrected chi connectivity index (χ2v) is 6.03. The van der Waals surface area contributed by atoms with Crippen LogP contribution in [0.1, 0.15) is 15.9 Å². The summed E-state index contributed by atoms with van der Waals surface area (Å²) in [5.41, 5.74) is 2.33. The van der Waals surface area contributed by atoms with Crippen LogP contribution < -0.4 is 15.4 Å². The first-order valence-corrected chi connectivity index (χ1v) is 8.41. The number of aromatic nitrogens is 1. The molecule has 0 atom stereocenters. The molecule has 6 heteroatoms. The van der Waals surface area contributed by atoms with Crippen molar-refractivity contribution in [2.24, 2.45) is 0 Å². The summed E-state index contributed by atoms with van der Waals surface area (Å²) in [6.45, 7) is 0.430. The molecule has 1 amide bonds. The normalized spacial score (nSPS) is 10.2. The summed E-state index contributed by atoms with van der Waals surface area (Å²) in [6.07, 6.45) is 1.54. The van der Waals surface area contributed by atoms with E-state index in [-0.39, 0.29) is 5.91 Å². The minimum Gasteiger partial charge on any atom is -0.497 e. The van der Waals surface area contributed by atoms with Gasteiger partial charge in [-0.05, 0) is 42.0 Å². The van der Waals surface area contributed by atoms with Crippen LogP contribution in [0.3, 0.4) is 0 Å². The van der Waals surface area contributed by atoms with E-state index < -0.39 is 0 Å². The Morgan fingerprint density at radius 3 is 2.62 bits per heavy atom. The molecule has 0 spiro atoms. The lowest BCUT2D eigenvalue weighted by Gasteiger charge is -2.09. The summed E-state index contributed by atoms with van der Waals surface area (Å²) in [6, 6.07) is 18.4. The summed E-state index contributed by atoms with van der Waals surface area (Å²) in [5, 5.41) is 6.70. The Kier molecular flexibility index (Phi) is 5.71. The Labute approximate surface area is 157 Å². The highest BCUT2D eigenvalue weighted by Gasteiger charge is 2.06. The molecule has 26 heavy (non-hydrogen) atoms. The van der Waals surface area contributed by atoms with Crippen LogP contribution in [0.4, 0.5) is 11.5 Å². The summed E-state index contributed by atoms with van der Waals surface area (Å²) in [7, 11) is 1.62. The zero-order valence-corrected chi connectivity index (χ0v) is 15.0. The van der Waals surface area contributed by atoms with Crippen LogP contribution in [0, 0.1) is 0 Å². The van der Waals surface area contributed by atoms with Gasteiger partial charge in [-0.15, -0.1) is 0 Å². The number of ether oxygens (including phenoxy) is 1. The van der Waals surface area contributed by atoms with Crippen molar-refractivity contribution in [3.8, 4) is 5.75 Å². The van der Waals surface area contributed by atoms with E-state index in [9.17, 15) is 4.79 Å². The standard InChI is InChI=1S/C20H18ClN3O2/c1-26-18-4-2-3-17(11-18)24-19-10-7-15(13-22-19)20(25)23-12-14-5-8-16(21)9-6-14/h2-11,13H,12H2,1H3,(H,22,24)(H,23,25). The van der Waals surface area contributed by atoms with Crippen molar-refractivity contribution in [2.45, 2.75) is 6.54 Å². The molecule has 0 saturated heterocycles. The third-order valence-electron chi connectivity index (χ3n) is 3.73. The van der Waals surface area contributed by atoms with Gasteiger partial charge >= 0.3 is 0 Å². The van der Waals surface area contributed by atoms with E-state index in [4.69, 9.17) is 16.3 Å². The van der Waals surface area contributed by atoms with Gasteiger partial charge in [-0.25, -0.2) is 4.98 Å². The highest BCUT2D eigenvalue weighted by atomic mass is 35.5. The van der Waals surface area contributed by atoms with Crippen LogP contribution in [0.15, 0.2) is 66.9 Å². The number of rotatable bonds is 6. The van der Waals surface area contributed by atoms with E-state index in [1.54, 1.807) is 37.6 Å². The monoisotopic (exact) mass is 367 g/mol. The molecule has 0 aliphatic carbocycles. The number of pyridine rings is 1. The Bertz CT molecular complexity index is 880. The van der Waals surface area contributed by atoms with Crippen molar-refractivity contribution in [3.63, 3.8) is 0 Å². The smallest absolute Gasteiger partial charge is 0.253 e. The van der Waals surface area contributed by atoms with Crippen LogP contribution in [0.25, 0.3) is 0 Å². The molecule has 5 nitrogen and oxygen atoms in total. The zero-order valence-electron chi connectivity index (χ0n) is 14.2. The van der Waals surface area contributed by atoms with Gasteiger partial charge in [-0.2, -0.15) is 0 Å². The van der Waals surface area contributed by atoms with Crippen molar-refractivity contribution in [3.05, 3.63) is 83.0 Å². The van der Waals surface area contributed by atoms with Gasteiger partial charge < -0.3 is 15.4 Å². The van der Waals surface area contributed by atoms with Crippen molar-refractivity contribution in [1.82, 2.24) is 10.3 Å². The quantitative estimate of drug-likeness (QED) is 0.677. The predicted octanol–water partition coefficient (Wildman–Crippen LogP) is 4.42. The zero-order chi connectivity index (χ0) is 18.4. The maximum atomic E-state index is 12.2. The van der Waals surface area contributed by atoms with Crippen molar-refractivity contribution in [2.75, 3.05) is 12.4 Å². The van der Waals surface area contributed by atoms with Gasteiger partial charge in [0.2, 0.25) is 0 Å². The second kappa shape index (κ2) is 8.36. The first-order chi connectivity index (χ1) is 12.6. The van der Waals surface area contributed by atoms with Gasteiger partial charge in [0.05, 0.1) is 12.7 Å². The van der Waals surface area contributed by atoms with Crippen LogP contribution in [-0.4, -0.2) is 18.0 Å². The molecule has 1 heterocycles. The summed E-state index contributed by atoms with van der Waals surface area (Å²) < 4.78 is 5.19. The summed E-state index contributed by atoms with van der Waals surface area (Å²) in [4.78, 5) is 16.5. The predicted molar refractivity (Wildman–Crippen MR) is 103 cm³/mol. The molecule has 0 bridgehead atoms. The van der Waals surface area contributed by atoms with E-state index >= 15 is 0 Å². The maximum Gasteiger partial charge on any atom is 0.253 e. The Balaban J connectivity index is 1.59. The SMILES string of the molecule is COc1cccc(Nc2ccc(C(=O)NCc3ccc(Cl)cc3)cn2)c1. The van der Waals surface area contributed by atoms with E-state index in [2.05, 4.69) is 15.6 Å². The van der Waals surface area contributed by atoms with E-state index in [0.29, 0.717) is 22.9 Å². The summed E-state index contributed by atoms with van der Waals surface area (Å²) >= 11 is 5.85. The van der Waals surface area contributed by atoms with Gasteiger partial charge in [0.1, 0.15) is 11.6 Å². The molecule has 0 saturated carbocycles. The molecule has 3 rings (SSSR count). The molecule has 1 aromatic heterocycles. The Hall–Kier alpha value is -3.05. The van der Waals surface area contributed by atoms with Gasteiger partial charge in [0, 0.05) is 29.5 Å². The third kappa shape index (κ3) is 4.74. The van der Waals surface area contributed by atoms with Crippen LogP contribution in [0.2, 0.25) is 5.02 Å². The minimum absolute atomic E-state index is 0.180. The molecule has 0 aliphatic rings. The number of methoxy groups -OCH3 is 1. The van der Waals surface area contributed by atoms with Crippen molar-refractivity contribution < 1.29 is 9.53 Å². The molecule has 2 aromatic carbocycles. The highest BCUT2D eigenvalue weighted by molar-refractivity contribution is 6.30. The molecule has 0 unspecified atom stereocenters. The number of hydrogen-bond acceptors (Lipinski definition) is 4. The first kappa shape index (κ1) is 17.8. The average Bonchev–Trinajstić information content (AvgIpc) is 2.68. The largest absolute Gasteiger partial charge is 0.497 e. The van der Waals surface area contributed by atoms with Crippen LogP contribution in [-0.2, 0) is 6.54 Å². The number of nitrogens with zero attached hydrogens (tertiary/aromatic N) is 1. The fourth-order valence-electron chi connectivity index (χ4n) is 2.34. The number of halogens is 1. The molecule has 0 radical (unpaired) electrons. The van der Waals surface area contributed by atoms with Crippen molar-refractivity contribution >= 4 is 29.0 Å². The topological polar surface area (TPSA) is 63.2 Å². The third-order valence-corrected chi connectivity index (χ3v) is 3.99. The van der Waals surface area contributed by atoms with E-state index in [1.165, 1.54) is 0 Å². The summed E-state index contributed by atoms with van der Waals surface area (Å²) in [5.74, 6) is 1.22. The maximum absolute atomic E-state index is 12.2. The number of nitrogens with one attached hydrogen (secondary N) is 2. The average molecular weight is 368 g/mol. The fraction of sp³-hybridized carbons (Fsp3) is 0.100. The number of hydrogen-bond donors (Lipinski definition) is 2. The molecular formula is C20H18ClN3O2. The molecule has 132 valence electrons. The fourth-order valence-corrected chi connectivity index (χ4v) is 2.46. The van der Waals surface area contributed by atoms with Gasteiger partial charge in [0.15, 0.2) is 0 Å². The molecule has 0 aliphatic heterocycles. The lowest BCUT2D eigenvalue weighted by atomic mass is 10.2. The molecule has 0 fully saturated rings. The van der Waals surface area contributed by atoms with Gasteiger partial charge in [0.25, 0.3) is 5.91 Å². The van der Waals surface area contributed by atoms with Gasteiger partial charge in [-0.3, -0.25) is 4.79 Å².